The molecule has 0 bridgehead atoms. The average Bonchev–Trinajstić information content (AvgIpc) is 2.99. The Hall–Kier alpha value is -0.990. The topological polar surface area (TPSA) is 108 Å². The quantitative estimate of drug-likeness (QED) is 0.0310. The van der Waals surface area contributed by atoms with Gasteiger partial charge < -0.3 is 18.9 Å². The molecule has 0 aromatic carbocycles. The molecule has 0 aromatic heterocycles. The van der Waals surface area contributed by atoms with Crippen LogP contribution in [0.5, 0.6) is 0 Å². The average molecular weight is 679 g/mol. The third-order valence-electron chi connectivity index (χ3n) is 8.14. The highest BCUT2D eigenvalue weighted by Crippen LogP contribution is 2.43. The molecule has 0 amide bonds. The second-order valence-electron chi connectivity index (χ2n) is 14.0. The molecule has 0 aliphatic heterocycles. The van der Waals surface area contributed by atoms with E-state index in [1.54, 1.807) is 0 Å². The highest BCUT2D eigenvalue weighted by Gasteiger charge is 2.27. The largest absolute Gasteiger partial charge is 0.472 e. The minimum Gasteiger partial charge on any atom is -0.462 e. The number of carbonyl (C=O) groups excluding carboxylic acids is 2. The van der Waals surface area contributed by atoms with Gasteiger partial charge >= 0.3 is 19.8 Å². The van der Waals surface area contributed by atoms with Gasteiger partial charge in [-0.1, -0.05) is 142 Å². The van der Waals surface area contributed by atoms with Gasteiger partial charge in [0, 0.05) is 12.8 Å². The van der Waals surface area contributed by atoms with Gasteiger partial charge in [-0.05, 0) is 12.8 Å². The third kappa shape index (κ3) is 32.9. The van der Waals surface area contributed by atoms with E-state index in [2.05, 4.69) is 13.8 Å². The van der Waals surface area contributed by atoms with Crippen molar-refractivity contribution in [1.29, 1.82) is 0 Å². The van der Waals surface area contributed by atoms with Crippen LogP contribution in [0.3, 0.4) is 0 Å². The summed E-state index contributed by atoms with van der Waals surface area (Å²) in [4.78, 5) is 34.8. The predicted octanol–water partition coefficient (Wildman–Crippen LogP) is 9.68. The SMILES string of the molecule is CCCCCCCCCCCCCCCCCCCC(=O)O[C@H](COC(=O)CCCCCCC)COP(=O)(O)OCC[N+](C)(C)C. The maximum Gasteiger partial charge on any atom is 0.472 e. The summed E-state index contributed by atoms with van der Waals surface area (Å²) < 4.78 is 33.9. The van der Waals surface area contributed by atoms with Crippen LogP contribution in [0.1, 0.15) is 168 Å². The molecule has 0 saturated heterocycles. The maximum atomic E-state index is 12.6. The molecule has 0 fully saturated rings. The molecule has 9 nitrogen and oxygen atoms in total. The van der Waals surface area contributed by atoms with E-state index in [9.17, 15) is 19.0 Å². The Morgan fingerprint density at radius 3 is 1.39 bits per heavy atom. The van der Waals surface area contributed by atoms with Gasteiger partial charge in [-0.3, -0.25) is 18.6 Å². The van der Waals surface area contributed by atoms with E-state index in [1.165, 1.54) is 89.9 Å². The van der Waals surface area contributed by atoms with Gasteiger partial charge in [0.05, 0.1) is 27.7 Å². The van der Waals surface area contributed by atoms with Gasteiger partial charge in [0.1, 0.15) is 19.8 Å². The third-order valence-corrected chi connectivity index (χ3v) is 9.12. The second-order valence-corrected chi connectivity index (χ2v) is 15.4. The lowest BCUT2D eigenvalue weighted by atomic mass is 10.0. The molecule has 0 rings (SSSR count). The van der Waals surface area contributed by atoms with E-state index in [-0.39, 0.29) is 32.0 Å². The summed E-state index contributed by atoms with van der Waals surface area (Å²) in [5.41, 5.74) is 0. The first-order chi connectivity index (χ1) is 22.0. The van der Waals surface area contributed by atoms with Gasteiger partial charge in [-0.2, -0.15) is 0 Å². The molecular weight excluding hydrogens is 605 g/mol. The van der Waals surface area contributed by atoms with Crippen molar-refractivity contribution < 1.29 is 42.1 Å². The number of rotatable bonds is 34. The minimum atomic E-state index is -4.35. The number of hydrogen-bond acceptors (Lipinski definition) is 7. The first-order valence-electron chi connectivity index (χ1n) is 18.8. The molecule has 1 N–H and O–H groups in total. The highest BCUT2D eigenvalue weighted by atomic mass is 31.2. The smallest absolute Gasteiger partial charge is 0.462 e. The maximum absolute atomic E-state index is 12.6. The van der Waals surface area contributed by atoms with Crippen LogP contribution in [0.15, 0.2) is 0 Å². The molecule has 0 spiro atoms. The molecule has 1 unspecified atom stereocenters. The van der Waals surface area contributed by atoms with Gasteiger partial charge in [-0.25, -0.2) is 4.57 Å². The molecule has 0 radical (unpaired) electrons. The lowest BCUT2D eigenvalue weighted by Crippen LogP contribution is -2.37. The Morgan fingerprint density at radius 2 is 0.978 bits per heavy atom. The number of phosphoric acid groups is 1. The fourth-order valence-electron chi connectivity index (χ4n) is 5.13. The second kappa shape index (κ2) is 30.1. The van der Waals surface area contributed by atoms with Crippen molar-refractivity contribution in [2.24, 2.45) is 0 Å². The van der Waals surface area contributed by atoms with Crippen LogP contribution in [0, 0.1) is 0 Å². The molecule has 0 aliphatic carbocycles. The first-order valence-corrected chi connectivity index (χ1v) is 20.3. The Kier molecular flexibility index (Phi) is 29.4. The van der Waals surface area contributed by atoms with Crippen molar-refractivity contribution in [3.8, 4) is 0 Å². The molecule has 46 heavy (non-hydrogen) atoms. The van der Waals surface area contributed by atoms with Gasteiger partial charge in [0.15, 0.2) is 6.10 Å². The van der Waals surface area contributed by atoms with Crippen molar-refractivity contribution >= 4 is 19.8 Å². The zero-order valence-electron chi connectivity index (χ0n) is 30.6. The monoisotopic (exact) mass is 679 g/mol. The van der Waals surface area contributed by atoms with E-state index >= 15 is 0 Å². The normalized spacial score (nSPS) is 13.8. The molecule has 274 valence electrons. The molecule has 10 heteroatoms. The Bertz CT molecular complexity index is 774. The fourth-order valence-corrected chi connectivity index (χ4v) is 5.87. The lowest BCUT2D eigenvalue weighted by Gasteiger charge is -2.24. The van der Waals surface area contributed by atoms with Gasteiger partial charge in [0.2, 0.25) is 0 Å². The van der Waals surface area contributed by atoms with Crippen molar-refractivity contribution in [2.45, 2.75) is 174 Å². The Balaban J connectivity index is 4.24. The zero-order chi connectivity index (χ0) is 34.4. The number of quaternary nitrogens is 1. The van der Waals surface area contributed by atoms with Crippen LogP contribution in [0.2, 0.25) is 0 Å². The summed E-state index contributed by atoms with van der Waals surface area (Å²) in [6.45, 7) is 4.33. The Labute approximate surface area is 283 Å². The number of esters is 2. The summed E-state index contributed by atoms with van der Waals surface area (Å²) >= 11 is 0. The van der Waals surface area contributed by atoms with Crippen LogP contribution in [-0.4, -0.2) is 74.9 Å². The molecule has 0 aromatic rings. The predicted molar refractivity (Wildman–Crippen MR) is 188 cm³/mol. The van der Waals surface area contributed by atoms with Crippen LogP contribution in [0.4, 0.5) is 0 Å². The first kappa shape index (κ1) is 45.0. The van der Waals surface area contributed by atoms with Gasteiger partial charge in [0.25, 0.3) is 0 Å². The van der Waals surface area contributed by atoms with Crippen LogP contribution < -0.4 is 0 Å². The van der Waals surface area contributed by atoms with Crippen molar-refractivity contribution in [1.82, 2.24) is 0 Å². The summed E-state index contributed by atoms with van der Waals surface area (Å²) in [5.74, 6) is -0.805. The number of unbranched alkanes of at least 4 members (excludes halogenated alkanes) is 20. The molecule has 0 aliphatic rings. The summed E-state index contributed by atoms with van der Waals surface area (Å²) in [6.07, 6.45) is 26.2. The summed E-state index contributed by atoms with van der Waals surface area (Å²) in [5, 5.41) is 0. The zero-order valence-corrected chi connectivity index (χ0v) is 31.5. The number of carbonyl (C=O) groups is 2. The summed E-state index contributed by atoms with van der Waals surface area (Å²) in [6, 6.07) is 0. The molecule has 0 saturated carbocycles. The summed E-state index contributed by atoms with van der Waals surface area (Å²) in [7, 11) is 1.48. The molecule has 2 atom stereocenters. The van der Waals surface area contributed by atoms with E-state index in [0.29, 0.717) is 11.0 Å². The number of likely N-dealkylation sites (N-methyl/N-ethyl adjacent to an activating group) is 1. The number of ether oxygens (including phenoxy) is 2. The van der Waals surface area contributed by atoms with Crippen LogP contribution in [-0.2, 0) is 32.7 Å². The molecular formula is C36H73NO8P+. The fraction of sp³-hybridized carbons (Fsp3) is 0.944. The highest BCUT2D eigenvalue weighted by molar-refractivity contribution is 7.47. The van der Waals surface area contributed by atoms with E-state index in [1.807, 2.05) is 21.1 Å². The molecule has 0 heterocycles. The number of nitrogens with zero attached hydrogens (tertiary/aromatic N) is 1. The van der Waals surface area contributed by atoms with Crippen molar-refractivity contribution in [3.05, 3.63) is 0 Å². The van der Waals surface area contributed by atoms with E-state index < -0.39 is 26.5 Å². The van der Waals surface area contributed by atoms with Gasteiger partial charge in [-0.15, -0.1) is 0 Å². The van der Waals surface area contributed by atoms with Crippen molar-refractivity contribution in [3.63, 3.8) is 0 Å². The standard InChI is InChI=1S/C36H72NO8P/c1-6-8-10-12-13-14-15-16-17-18-19-20-21-22-23-25-27-29-36(39)45-34(32-42-35(38)28-26-24-11-9-7-2)33-44-46(40,41)43-31-30-37(3,4)5/h34H,6-33H2,1-5H3/p+1/t34-/m1/s1. The number of hydrogen-bond donors (Lipinski definition) is 1. The lowest BCUT2D eigenvalue weighted by molar-refractivity contribution is -0.870. The van der Waals surface area contributed by atoms with Crippen LogP contribution in [0.25, 0.3) is 0 Å². The van der Waals surface area contributed by atoms with E-state index in [4.69, 9.17) is 18.5 Å². The van der Waals surface area contributed by atoms with Crippen LogP contribution >= 0.6 is 7.82 Å². The minimum absolute atomic E-state index is 0.0358. The Morgan fingerprint density at radius 1 is 0.587 bits per heavy atom. The van der Waals surface area contributed by atoms with Crippen molar-refractivity contribution in [2.75, 3.05) is 47.5 Å². The van der Waals surface area contributed by atoms with E-state index in [0.717, 1.165) is 51.4 Å². The number of phosphoric ester groups is 1.